The second-order valence-corrected chi connectivity index (χ2v) is 5.40. The first-order chi connectivity index (χ1) is 8.47. The highest BCUT2D eigenvalue weighted by molar-refractivity contribution is 6.08. The summed E-state index contributed by atoms with van der Waals surface area (Å²) in [5.74, 6) is 0.100. The summed E-state index contributed by atoms with van der Waals surface area (Å²) in [6.45, 7) is 6.48. The van der Waals surface area contributed by atoms with Crippen molar-refractivity contribution in [2.75, 3.05) is 6.54 Å². The van der Waals surface area contributed by atoms with Crippen molar-refractivity contribution in [1.29, 1.82) is 0 Å². The third-order valence-corrected chi connectivity index (χ3v) is 2.73. The van der Waals surface area contributed by atoms with Gasteiger partial charge in [-0.1, -0.05) is 18.2 Å². The molecule has 0 radical (unpaired) electrons. The van der Waals surface area contributed by atoms with Gasteiger partial charge in [0.1, 0.15) is 0 Å². The number of nitrogens with one attached hydrogen (secondary N) is 1. The number of carbonyl (C=O) groups is 1. The molecule has 1 aromatic carbocycles. The van der Waals surface area contributed by atoms with Gasteiger partial charge in [0, 0.05) is 22.7 Å². The Morgan fingerprint density at radius 1 is 1.22 bits per heavy atom. The van der Waals surface area contributed by atoms with E-state index >= 15 is 0 Å². The lowest BCUT2D eigenvalue weighted by Crippen LogP contribution is -2.39. The third-order valence-electron chi connectivity index (χ3n) is 2.73. The number of Topliss-reactive ketones (excluding diaryl/α,β-unsaturated/α-hetero) is 1. The van der Waals surface area contributed by atoms with E-state index in [1.165, 1.54) is 0 Å². The largest absolute Gasteiger partial charge is 0.305 e. The van der Waals surface area contributed by atoms with E-state index in [0.717, 1.165) is 16.5 Å². The van der Waals surface area contributed by atoms with Crippen molar-refractivity contribution in [1.82, 2.24) is 10.3 Å². The van der Waals surface area contributed by atoms with E-state index in [1.807, 2.05) is 51.1 Å². The second kappa shape index (κ2) is 4.86. The standard InChI is InChI=1S/C15H18N2O/c1-15(2,3)17-10-14(18)12-6-4-8-13-11(12)7-5-9-16-13/h4-9,17H,10H2,1-3H3. The number of ketones is 1. The molecule has 0 fully saturated rings. The van der Waals surface area contributed by atoms with Crippen LogP contribution in [0.1, 0.15) is 31.1 Å². The van der Waals surface area contributed by atoms with Gasteiger partial charge in [0.2, 0.25) is 0 Å². The van der Waals surface area contributed by atoms with Gasteiger partial charge in [-0.15, -0.1) is 0 Å². The first kappa shape index (κ1) is 12.7. The highest BCUT2D eigenvalue weighted by Crippen LogP contribution is 2.16. The molecule has 0 spiro atoms. The maximum Gasteiger partial charge on any atom is 0.177 e. The van der Waals surface area contributed by atoms with Crippen LogP contribution < -0.4 is 5.32 Å². The van der Waals surface area contributed by atoms with Crippen LogP contribution in [0, 0.1) is 0 Å². The molecule has 0 atom stereocenters. The minimum absolute atomic E-state index is 0.0570. The van der Waals surface area contributed by atoms with E-state index in [4.69, 9.17) is 0 Å². The Kier molecular flexibility index (Phi) is 3.43. The van der Waals surface area contributed by atoms with Gasteiger partial charge in [-0.3, -0.25) is 9.78 Å². The third kappa shape index (κ3) is 2.93. The molecule has 1 aromatic heterocycles. The fourth-order valence-corrected chi connectivity index (χ4v) is 1.79. The quantitative estimate of drug-likeness (QED) is 0.841. The highest BCUT2D eigenvalue weighted by Gasteiger charge is 2.14. The SMILES string of the molecule is CC(C)(C)NCC(=O)c1cccc2ncccc12. The topological polar surface area (TPSA) is 42.0 Å². The summed E-state index contributed by atoms with van der Waals surface area (Å²) in [4.78, 5) is 16.5. The molecule has 1 N–H and O–H groups in total. The number of benzene rings is 1. The minimum Gasteiger partial charge on any atom is -0.305 e. The van der Waals surface area contributed by atoms with Gasteiger partial charge in [0.05, 0.1) is 12.1 Å². The second-order valence-electron chi connectivity index (χ2n) is 5.40. The van der Waals surface area contributed by atoms with E-state index in [2.05, 4.69) is 10.3 Å². The summed E-state index contributed by atoms with van der Waals surface area (Å²) < 4.78 is 0. The number of fused-ring (bicyclic) bond motifs is 1. The number of aromatic nitrogens is 1. The summed E-state index contributed by atoms with van der Waals surface area (Å²) in [5, 5.41) is 4.13. The number of carbonyl (C=O) groups excluding carboxylic acids is 1. The Bertz CT molecular complexity index is 565. The van der Waals surface area contributed by atoms with Crippen molar-refractivity contribution in [2.45, 2.75) is 26.3 Å². The Morgan fingerprint density at radius 2 is 2.00 bits per heavy atom. The smallest absolute Gasteiger partial charge is 0.177 e. The summed E-state index contributed by atoms with van der Waals surface area (Å²) in [6.07, 6.45) is 1.74. The molecule has 0 saturated heterocycles. The van der Waals surface area contributed by atoms with E-state index < -0.39 is 0 Å². The summed E-state index contributed by atoms with van der Waals surface area (Å²) in [6, 6.07) is 9.45. The van der Waals surface area contributed by atoms with E-state index in [0.29, 0.717) is 6.54 Å². The van der Waals surface area contributed by atoms with Crippen LogP contribution in [0.5, 0.6) is 0 Å². The van der Waals surface area contributed by atoms with E-state index in [9.17, 15) is 4.79 Å². The zero-order chi connectivity index (χ0) is 13.2. The maximum atomic E-state index is 12.2. The summed E-state index contributed by atoms with van der Waals surface area (Å²) in [5.41, 5.74) is 1.54. The molecule has 0 amide bonds. The molecule has 2 rings (SSSR count). The molecular formula is C15H18N2O. The van der Waals surface area contributed by atoms with Gasteiger partial charge in [-0.05, 0) is 32.9 Å². The van der Waals surface area contributed by atoms with Crippen LogP contribution in [0.4, 0.5) is 0 Å². The normalized spacial score (nSPS) is 11.7. The molecule has 3 nitrogen and oxygen atoms in total. The molecule has 0 bridgehead atoms. The Hall–Kier alpha value is -1.74. The van der Waals surface area contributed by atoms with Crippen LogP contribution in [-0.4, -0.2) is 22.9 Å². The molecule has 0 aliphatic carbocycles. The zero-order valence-corrected chi connectivity index (χ0v) is 11.0. The Morgan fingerprint density at radius 3 is 2.72 bits per heavy atom. The lowest BCUT2D eigenvalue weighted by molar-refractivity contribution is 0.0983. The fourth-order valence-electron chi connectivity index (χ4n) is 1.79. The number of rotatable bonds is 3. The Labute approximate surface area is 107 Å². The first-order valence-electron chi connectivity index (χ1n) is 6.09. The van der Waals surface area contributed by atoms with Crippen molar-refractivity contribution in [3.8, 4) is 0 Å². The van der Waals surface area contributed by atoms with E-state index in [1.54, 1.807) is 6.20 Å². The van der Waals surface area contributed by atoms with Crippen molar-refractivity contribution < 1.29 is 4.79 Å². The van der Waals surface area contributed by atoms with E-state index in [-0.39, 0.29) is 11.3 Å². The molecule has 94 valence electrons. The number of pyridine rings is 1. The van der Waals surface area contributed by atoms with Crippen molar-refractivity contribution in [3.63, 3.8) is 0 Å². The van der Waals surface area contributed by atoms with Gasteiger partial charge >= 0.3 is 0 Å². The van der Waals surface area contributed by atoms with Gasteiger partial charge in [0.15, 0.2) is 5.78 Å². The predicted octanol–water partition coefficient (Wildman–Crippen LogP) is 2.81. The molecule has 0 aliphatic heterocycles. The molecule has 0 saturated carbocycles. The van der Waals surface area contributed by atoms with Crippen LogP contribution in [-0.2, 0) is 0 Å². The van der Waals surface area contributed by atoms with Gasteiger partial charge < -0.3 is 5.32 Å². The summed E-state index contributed by atoms with van der Waals surface area (Å²) >= 11 is 0. The van der Waals surface area contributed by atoms with Crippen LogP contribution in [0.3, 0.4) is 0 Å². The highest BCUT2D eigenvalue weighted by atomic mass is 16.1. The van der Waals surface area contributed by atoms with Crippen molar-refractivity contribution in [2.24, 2.45) is 0 Å². The lowest BCUT2D eigenvalue weighted by atomic mass is 10.0. The van der Waals surface area contributed by atoms with Gasteiger partial charge in [-0.2, -0.15) is 0 Å². The molecule has 0 aliphatic rings. The van der Waals surface area contributed by atoms with Crippen molar-refractivity contribution >= 4 is 16.7 Å². The van der Waals surface area contributed by atoms with Crippen LogP contribution in [0.25, 0.3) is 10.9 Å². The van der Waals surface area contributed by atoms with Crippen LogP contribution >= 0.6 is 0 Å². The number of nitrogens with zero attached hydrogens (tertiary/aromatic N) is 1. The molecule has 1 heterocycles. The average molecular weight is 242 g/mol. The van der Waals surface area contributed by atoms with Crippen LogP contribution in [0.2, 0.25) is 0 Å². The first-order valence-corrected chi connectivity index (χ1v) is 6.09. The molecular weight excluding hydrogens is 224 g/mol. The summed E-state index contributed by atoms with van der Waals surface area (Å²) in [7, 11) is 0. The van der Waals surface area contributed by atoms with Crippen molar-refractivity contribution in [3.05, 3.63) is 42.1 Å². The zero-order valence-electron chi connectivity index (χ0n) is 11.0. The number of hydrogen-bond acceptors (Lipinski definition) is 3. The van der Waals surface area contributed by atoms with Gasteiger partial charge in [0.25, 0.3) is 0 Å². The maximum absolute atomic E-state index is 12.2. The fraction of sp³-hybridized carbons (Fsp3) is 0.333. The van der Waals surface area contributed by atoms with Gasteiger partial charge in [-0.25, -0.2) is 0 Å². The molecule has 0 unspecified atom stereocenters. The number of hydrogen-bond donors (Lipinski definition) is 1. The van der Waals surface area contributed by atoms with Crippen LogP contribution in [0.15, 0.2) is 36.5 Å². The lowest BCUT2D eigenvalue weighted by Gasteiger charge is -2.20. The predicted molar refractivity (Wildman–Crippen MR) is 73.8 cm³/mol. The monoisotopic (exact) mass is 242 g/mol. The minimum atomic E-state index is -0.0570. The molecule has 3 heteroatoms. The molecule has 2 aromatic rings. The Balaban J connectivity index is 2.28. The average Bonchev–Trinajstić information content (AvgIpc) is 2.34. The molecule has 18 heavy (non-hydrogen) atoms.